The molecular weight excluding hydrogens is 320 g/mol. The predicted molar refractivity (Wildman–Crippen MR) is 81.9 cm³/mol. The zero-order chi connectivity index (χ0) is 17.3. The van der Waals surface area contributed by atoms with Gasteiger partial charge < -0.3 is 14.2 Å². The van der Waals surface area contributed by atoms with Gasteiger partial charge in [-0.1, -0.05) is 6.92 Å². The molecule has 1 aliphatic rings. The molecule has 1 atom stereocenters. The van der Waals surface area contributed by atoms with Crippen LogP contribution in [0.25, 0.3) is 11.2 Å². The van der Waals surface area contributed by atoms with Gasteiger partial charge in [-0.15, -0.1) is 0 Å². The Balaban J connectivity index is 1.87. The van der Waals surface area contributed by atoms with E-state index in [0.717, 1.165) is 0 Å². The van der Waals surface area contributed by atoms with Crippen LogP contribution >= 0.6 is 0 Å². The summed E-state index contributed by atoms with van der Waals surface area (Å²) in [6.45, 7) is 4.98. The highest BCUT2D eigenvalue weighted by Gasteiger charge is 2.29. The van der Waals surface area contributed by atoms with E-state index in [-0.39, 0.29) is 29.2 Å². The van der Waals surface area contributed by atoms with Crippen LogP contribution in [0.5, 0.6) is 5.88 Å². The Morgan fingerprint density at radius 1 is 1.42 bits per heavy atom. The number of halogens is 2. The number of carbonyl (C=O) groups is 1. The van der Waals surface area contributed by atoms with E-state index in [0.29, 0.717) is 38.1 Å². The van der Waals surface area contributed by atoms with E-state index in [1.807, 2.05) is 6.92 Å². The summed E-state index contributed by atoms with van der Waals surface area (Å²) in [4.78, 5) is 25.6. The molecule has 0 saturated carbocycles. The zero-order valence-corrected chi connectivity index (χ0v) is 13.6. The maximum Gasteiger partial charge on any atom is 0.295 e. The van der Waals surface area contributed by atoms with Crippen LogP contribution in [-0.2, 0) is 11.3 Å². The van der Waals surface area contributed by atoms with Crippen molar-refractivity contribution in [2.75, 3.05) is 13.1 Å². The lowest BCUT2D eigenvalue weighted by atomic mass is 10.3. The van der Waals surface area contributed by atoms with E-state index in [1.165, 1.54) is 10.9 Å². The zero-order valence-electron chi connectivity index (χ0n) is 13.6. The minimum Gasteiger partial charge on any atom is -0.471 e. The summed E-state index contributed by atoms with van der Waals surface area (Å²) in [5.41, 5.74) is 0.562. The van der Waals surface area contributed by atoms with E-state index < -0.39 is 6.43 Å². The number of imidazole rings is 1. The standard InChI is InChI=1S/C15H19F2N5O2/c1-3-10(23)21-6-5-9(7-21)24-15-11-13(18-8-19-15)22(4-2)14(20-11)12(16)17/h8-9,12H,3-7H2,1-2H3. The van der Waals surface area contributed by atoms with Crippen LogP contribution in [0.15, 0.2) is 6.33 Å². The third-order valence-electron chi connectivity index (χ3n) is 4.12. The summed E-state index contributed by atoms with van der Waals surface area (Å²) in [6, 6.07) is 0. The second-order valence-corrected chi connectivity index (χ2v) is 5.59. The van der Waals surface area contributed by atoms with Gasteiger partial charge in [-0.25, -0.2) is 18.7 Å². The number of nitrogens with zero attached hydrogens (tertiary/aromatic N) is 5. The number of aromatic nitrogens is 4. The molecule has 1 aliphatic heterocycles. The van der Waals surface area contributed by atoms with Crippen molar-refractivity contribution in [2.45, 2.75) is 45.8 Å². The second-order valence-electron chi connectivity index (χ2n) is 5.59. The second kappa shape index (κ2) is 6.66. The van der Waals surface area contributed by atoms with Gasteiger partial charge in [-0.2, -0.15) is 4.98 Å². The van der Waals surface area contributed by atoms with Gasteiger partial charge in [0.05, 0.1) is 6.54 Å². The number of fused-ring (bicyclic) bond motifs is 1. The Morgan fingerprint density at radius 3 is 2.88 bits per heavy atom. The van der Waals surface area contributed by atoms with E-state index in [9.17, 15) is 13.6 Å². The number of alkyl halides is 2. The number of aryl methyl sites for hydroxylation is 1. The normalized spacial score (nSPS) is 17.9. The molecule has 0 N–H and O–H groups in total. The van der Waals surface area contributed by atoms with E-state index in [4.69, 9.17) is 4.74 Å². The topological polar surface area (TPSA) is 73.1 Å². The SMILES string of the molecule is CCC(=O)N1CCC(Oc2ncnc3c2nc(C(F)F)n3CC)C1. The molecule has 2 aromatic heterocycles. The number of hydrogen-bond donors (Lipinski definition) is 0. The molecule has 1 saturated heterocycles. The molecule has 3 rings (SSSR count). The average molecular weight is 339 g/mol. The van der Waals surface area contributed by atoms with Gasteiger partial charge in [0.25, 0.3) is 6.43 Å². The molecule has 130 valence electrons. The molecule has 0 aliphatic carbocycles. The number of carbonyl (C=O) groups excluding carboxylic acids is 1. The first kappa shape index (κ1) is 16.5. The minimum atomic E-state index is -2.70. The highest BCUT2D eigenvalue weighted by molar-refractivity contribution is 5.77. The third kappa shape index (κ3) is 2.90. The molecule has 24 heavy (non-hydrogen) atoms. The van der Waals surface area contributed by atoms with Crippen LogP contribution in [0.1, 0.15) is 38.9 Å². The van der Waals surface area contributed by atoms with Crippen LogP contribution < -0.4 is 4.74 Å². The fourth-order valence-corrected chi connectivity index (χ4v) is 2.93. The lowest BCUT2D eigenvalue weighted by Crippen LogP contribution is -2.30. The van der Waals surface area contributed by atoms with E-state index >= 15 is 0 Å². The summed E-state index contributed by atoms with van der Waals surface area (Å²) in [7, 11) is 0. The molecule has 2 aromatic rings. The number of hydrogen-bond acceptors (Lipinski definition) is 5. The number of amides is 1. The molecular formula is C15H19F2N5O2. The predicted octanol–water partition coefficient (Wildman–Crippen LogP) is 2.17. The molecule has 0 spiro atoms. The summed E-state index contributed by atoms with van der Waals surface area (Å²) in [6.07, 6.45) is -0.516. The molecule has 0 radical (unpaired) electrons. The lowest BCUT2D eigenvalue weighted by molar-refractivity contribution is -0.130. The number of rotatable bonds is 5. The lowest BCUT2D eigenvalue weighted by Gasteiger charge is -2.16. The summed E-state index contributed by atoms with van der Waals surface area (Å²) >= 11 is 0. The van der Waals surface area contributed by atoms with Gasteiger partial charge in [0.15, 0.2) is 17.0 Å². The van der Waals surface area contributed by atoms with Gasteiger partial charge in [0.1, 0.15) is 12.4 Å². The quantitative estimate of drug-likeness (QED) is 0.835. The number of ether oxygens (including phenoxy) is 1. The summed E-state index contributed by atoms with van der Waals surface area (Å²) in [5.74, 6) is -0.0823. The Bertz CT molecular complexity index is 749. The fraction of sp³-hybridized carbons (Fsp3) is 0.600. The molecule has 0 bridgehead atoms. The van der Waals surface area contributed by atoms with Crippen LogP contribution in [-0.4, -0.2) is 49.5 Å². The first-order valence-corrected chi connectivity index (χ1v) is 7.98. The maximum absolute atomic E-state index is 13.2. The van der Waals surface area contributed by atoms with Crippen molar-refractivity contribution in [2.24, 2.45) is 0 Å². The summed E-state index contributed by atoms with van der Waals surface area (Å²) < 4.78 is 33.5. The van der Waals surface area contributed by atoms with Gasteiger partial charge in [-0.05, 0) is 6.92 Å². The van der Waals surface area contributed by atoms with Crippen molar-refractivity contribution < 1.29 is 18.3 Å². The minimum absolute atomic E-state index is 0.0733. The van der Waals surface area contributed by atoms with Gasteiger partial charge in [0.2, 0.25) is 11.8 Å². The largest absolute Gasteiger partial charge is 0.471 e. The van der Waals surface area contributed by atoms with Crippen molar-refractivity contribution in [1.82, 2.24) is 24.4 Å². The molecule has 3 heterocycles. The molecule has 7 nitrogen and oxygen atoms in total. The first-order valence-electron chi connectivity index (χ1n) is 7.98. The smallest absolute Gasteiger partial charge is 0.295 e. The van der Waals surface area contributed by atoms with Crippen LogP contribution in [0.4, 0.5) is 8.78 Å². The molecule has 1 unspecified atom stereocenters. The van der Waals surface area contributed by atoms with Crippen LogP contribution in [0, 0.1) is 0 Å². The highest BCUT2D eigenvalue weighted by atomic mass is 19.3. The van der Waals surface area contributed by atoms with Crippen molar-refractivity contribution >= 4 is 17.1 Å². The highest BCUT2D eigenvalue weighted by Crippen LogP contribution is 2.28. The molecule has 1 fully saturated rings. The monoisotopic (exact) mass is 339 g/mol. The van der Waals surface area contributed by atoms with Gasteiger partial charge in [-0.3, -0.25) is 4.79 Å². The van der Waals surface area contributed by atoms with Crippen LogP contribution in [0.2, 0.25) is 0 Å². The third-order valence-corrected chi connectivity index (χ3v) is 4.12. The van der Waals surface area contributed by atoms with E-state index in [1.54, 1.807) is 11.8 Å². The summed E-state index contributed by atoms with van der Waals surface area (Å²) in [5, 5.41) is 0. The Hall–Kier alpha value is -2.32. The number of likely N-dealkylation sites (tertiary alicyclic amines) is 1. The molecule has 1 amide bonds. The van der Waals surface area contributed by atoms with Gasteiger partial charge >= 0.3 is 0 Å². The first-order chi connectivity index (χ1) is 11.5. The van der Waals surface area contributed by atoms with Crippen molar-refractivity contribution in [1.29, 1.82) is 0 Å². The van der Waals surface area contributed by atoms with Crippen molar-refractivity contribution in [3.05, 3.63) is 12.2 Å². The Kier molecular flexibility index (Phi) is 4.59. The molecule has 9 heteroatoms. The molecule has 0 aromatic carbocycles. The Labute approximate surface area is 137 Å². The fourth-order valence-electron chi connectivity index (χ4n) is 2.93. The average Bonchev–Trinajstić information content (AvgIpc) is 3.18. The Morgan fingerprint density at radius 2 is 2.21 bits per heavy atom. The van der Waals surface area contributed by atoms with E-state index in [2.05, 4.69) is 15.0 Å². The van der Waals surface area contributed by atoms with Crippen molar-refractivity contribution in [3.8, 4) is 5.88 Å². The van der Waals surface area contributed by atoms with Crippen molar-refractivity contribution in [3.63, 3.8) is 0 Å². The maximum atomic E-state index is 13.2. The van der Waals surface area contributed by atoms with Gasteiger partial charge in [0, 0.05) is 25.9 Å². The van der Waals surface area contributed by atoms with Crippen LogP contribution in [0.3, 0.4) is 0 Å².